The summed E-state index contributed by atoms with van der Waals surface area (Å²) in [5.41, 5.74) is 1.08. The molecule has 1 amide bonds. The summed E-state index contributed by atoms with van der Waals surface area (Å²) in [7, 11) is 0. The molecule has 7 heteroatoms. The number of nitrogens with zero attached hydrogens (tertiary/aromatic N) is 1. The highest BCUT2D eigenvalue weighted by molar-refractivity contribution is 8.26. The zero-order valence-electron chi connectivity index (χ0n) is 14.4. The lowest BCUT2D eigenvalue weighted by Gasteiger charge is -2.29. The number of hydrogen-bond donors (Lipinski definition) is 0. The van der Waals surface area contributed by atoms with E-state index in [0.29, 0.717) is 26.1 Å². The molecule has 1 aromatic heterocycles. The minimum atomic E-state index is -0.928. The Hall–Kier alpha value is -1.99. The smallest absolute Gasteiger partial charge is 0.266 e. The summed E-state index contributed by atoms with van der Waals surface area (Å²) >= 11 is 6.69. The Labute approximate surface area is 165 Å². The number of thiocarbonyl (C=S) groups is 1. The zero-order chi connectivity index (χ0) is 19.0. The minimum absolute atomic E-state index is 0.107. The number of amides is 1. The highest BCUT2D eigenvalue weighted by Gasteiger charge is 2.37. The molecule has 2 heterocycles. The average molecular weight is 405 g/mol. The minimum Gasteiger partial charge on any atom is -0.464 e. The van der Waals surface area contributed by atoms with E-state index in [1.165, 1.54) is 30.5 Å². The monoisotopic (exact) mass is 405 g/mol. The number of benzene rings is 1. The van der Waals surface area contributed by atoms with Crippen molar-refractivity contribution in [3.63, 3.8) is 0 Å². The summed E-state index contributed by atoms with van der Waals surface area (Å²) in [5, 5.41) is 0. The van der Waals surface area contributed by atoms with Crippen molar-refractivity contribution in [2.45, 2.75) is 38.1 Å². The molecule has 4 rings (SSSR count). The lowest BCUT2D eigenvalue weighted by atomic mass is 9.94. The van der Waals surface area contributed by atoms with Gasteiger partial charge < -0.3 is 4.42 Å². The molecular formula is C20H17F2NO2S2. The van der Waals surface area contributed by atoms with Crippen LogP contribution in [0.1, 0.15) is 37.9 Å². The number of thioether (sulfide) groups is 1. The molecule has 3 nitrogen and oxygen atoms in total. The van der Waals surface area contributed by atoms with E-state index in [1.54, 1.807) is 17.0 Å². The van der Waals surface area contributed by atoms with Gasteiger partial charge in [0.1, 0.15) is 10.1 Å². The number of carbonyl (C=O) groups excluding carboxylic acids is 1. The Morgan fingerprint density at radius 2 is 1.93 bits per heavy atom. The van der Waals surface area contributed by atoms with Gasteiger partial charge in [-0.2, -0.15) is 0 Å². The summed E-state index contributed by atoms with van der Waals surface area (Å²) < 4.78 is 32.8. The quantitative estimate of drug-likeness (QED) is 0.480. The molecule has 1 aromatic carbocycles. The van der Waals surface area contributed by atoms with E-state index in [-0.39, 0.29) is 11.9 Å². The molecule has 2 fully saturated rings. The van der Waals surface area contributed by atoms with Gasteiger partial charge in [-0.1, -0.05) is 49.3 Å². The van der Waals surface area contributed by atoms with Crippen molar-refractivity contribution >= 4 is 40.3 Å². The SMILES string of the molecule is O=C1/C(=C/c2occc2-c2ccc(F)c(F)c2)SC(=S)N1C1CCCCC1. The maximum absolute atomic E-state index is 13.6. The van der Waals surface area contributed by atoms with Gasteiger partial charge in [-0.3, -0.25) is 9.69 Å². The third kappa shape index (κ3) is 3.58. The molecule has 1 aliphatic carbocycles. The molecule has 2 aliphatic rings. The molecule has 1 saturated carbocycles. The Kier molecular flexibility index (Phi) is 5.14. The summed E-state index contributed by atoms with van der Waals surface area (Å²) in [6.07, 6.45) is 8.47. The van der Waals surface area contributed by atoms with Gasteiger partial charge in [0.2, 0.25) is 0 Å². The Bertz CT molecular complexity index is 932. The Morgan fingerprint density at radius 1 is 1.15 bits per heavy atom. The second-order valence-corrected chi connectivity index (χ2v) is 8.35. The molecule has 1 saturated heterocycles. The fraction of sp³-hybridized carbons (Fsp3) is 0.300. The molecule has 0 spiro atoms. The van der Waals surface area contributed by atoms with Crippen LogP contribution in [0.15, 0.2) is 39.9 Å². The van der Waals surface area contributed by atoms with Crippen molar-refractivity contribution in [3.05, 3.63) is 52.8 Å². The second-order valence-electron chi connectivity index (χ2n) is 6.67. The fourth-order valence-corrected chi connectivity index (χ4v) is 4.96. The fourth-order valence-electron chi connectivity index (χ4n) is 3.59. The van der Waals surface area contributed by atoms with Gasteiger partial charge in [0.15, 0.2) is 11.6 Å². The van der Waals surface area contributed by atoms with E-state index >= 15 is 0 Å². The largest absolute Gasteiger partial charge is 0.464 e. The third-order valence-electron chi connectivity index (χ3n) is 4.95. The predicted octanol–water partition coefficient (Wildman–Crippen LogP) is 5.76. The molecule has 27 heavy (non-hydrogen) atoms. The average Bonchev–Trinajstić information content (AvgIpc) is 3.23. The van der Waals surface area contributed by atoms with E-state index in [4.69, 9.17) is 16.6 Å². The van der Waals surface area contributed by atoms with Crippen molar-refractivity contribution in [1.29, 1.82) is 0 Å². The Balaban J connectivity index is 1.63. The number of carbonyl (C=O) groups is 1. The van der Waals surface area contributed by atoms with Crippen molar-refractivity contribution in [2.75, 3.05) is 0 Å². The molecule has 0 atom stereocenters. The van der Waals surface area contributed by atoms with E-state index in [1.807, 2.05) is 0 Å². The van der Waals surface area contributed by atoms with Gasteiger partial charge in [0.05, 0.1) is 11.2 Å². The van der Waals surface area contributed by atoms with Crippen molar-refractivity contribution in [3.8, 4) is 11.1 Å². The van der Waals surface area contributed by atoms with Gasteiger partial charge in [0.25, 0.3) is 5.91 Å². The lowest BCUT2D eigenvalue weighted by Crippen LogP contribution is -2.39. The lowest BCUT2D eigenvalue weighted by molar-refractivity contribution is -0.124. The third-order valence-corrected chi connectivity index (χ3v) is 6.28. The molecular weight excluding hydrogens is 388 g/mol. The summed E-state index contributed by atoms with van der Waals surface area (Å²) in [6.45, 7) is 0. The van der Waals surface area contributed by atoms with Crippen LogP contribution in [0.2, 0.25) is 0 Å². The van der Waals surface area contributed by atoms with Gasteiger partial charge in [-0.25, -0.2) is 8.78 Å². The van der Waals surface area contributed by atoms with Crippen LogP contribution in [0.25, 0.3) is 17.2 Å². The van der Waals surface area contributed by atoms with Crippen molar-refractivity contribution in [2.24, 2.45) is 0 Å². The molecule has 0 radical (unpaired) electrons. The Morgan fingerprint density at radius 3 is 2.67 bits per heavy atom. The van der Waals surface area contributed by atoms with Gasteiger partial charge in [0, 0.05) is 17.7 Å². The highest BCUT2D eigenvalue weighted by atomic mass is 32.2. The number of halogens is 2. The standard InChI is InChI=1S/C20H17F2NO2S2/c21-15-7-6-12(10-16(15)22)14-8-9-25-17(14)11-18-19(24)23(20(26)27-18)13-4-2-1-3-5-13/h6-11,13H,1-5H2/b18-11-. The maximum atomic E-state index is 13.6. The van der Waals surface area contributed by atoms with Crippen LogP contribution in [-0.4, -0.2) is 21.2 Å². The molecule has 0 bridgehead atoms. The summed E-state index contributed by atoms with van der Waals surface area (Å²) in [4.78, 5) is 15.1. The highest BCUT2D eigenvalue weighted by Crippen LogP contribution is 2.38. The number of hydrogen-bond acceptors (Lipinski definition) is 4. The molecule has 1 aliphatic heterocycles. The zero-order valence-corrected chi connectivity index (χ0v) is 16.0. The van der Waals surface area contributed by atoms with Crippen LogP contribution in [0.4, 0.5) is 8.78 Å². The van der Waals surface area contributed by atoms with Gasteiger partial charge >= 0.3 is 0 Å². The van der Waals surface area contributed by atoms with Crippen LogP contribution in [0.3, 0.4) is 0 Å². The van der Waals surface area contributed by atoms with Crippen LogP contribution in [-0.2, 0) is 4.79 Å². The van der Waals surface area contributed by atoms with E-state index in [9.17, 15) is 13.6 Å². The molecule has 140 valence electrons. The molecule has 0 unspecified atom stereocenters. The van der Waals surface area contributed by atoms with Crippen molar-refractivity contribution in [1.82, 2.24) is 4.90 Å². The van der Waals surface area contributed by atoms with E-state index < -0.39 is 11.6 Å². The predicted molar refractivity (Wildman–Crippen MR) is 106 cm³/mol. The van der Waals surface area contributed by atoms with Gasteiger partial charge in [-0.15, -0.1) is 0 Å². The van der Waals surface area contributed by atoms with E-state index in [2.05, 4.69) is 0 Å². The summed E-state index contributed by atoms with van der Waals surface area (Å²) in [6, 6.07) is 5.50. The van der Waals surface area contributed by atoms with Crippen LogP contribution in [0, 0.1) is 11.6 Å². The van der Waals surface area contributed by atoms with Crippen LogP contribution in [0.5, 0.6) is 0 Å². The maximum Gasteiger partial charge on any atom is 0.266 e. The van der Waals surface area contributed by atoms with Crippen LogP contribution >= 0.6 is 24.0 Å². The normalized spacial score (nSPS) is 20.1. The number of furan rings is 1. The first-order valence-corrected chi connectivity index (χ1v) is 10.1. The molecule has 0 N–H and O–H groups in total. The van der Waals surface area contributed by atoms with Crippen molar-refractivity contribution < 1.29 is 18.0 Å². The first kappa shape index (κ1) is 18.4. The first-order valence-electron chi connectivity index (χ1n) is 8.84. The van der Waals surface area contributed by atoms with E-state index in [0.717, 1.165) is 37.8 Å². The van der Waals surface area contributed by atoms with Crippen LogP contribution < -0.4 is 0 Å². The molecule has 2 aromatic rings. The van der Waals surface area contributed by atoms with Gasteiger partial charge in [-0.05, 0) is 36.6 Å². The second kappa shape index (κ2) is 7.56. The first-order chi connectivity index (χ1) is 13.0. The summed E-state index contributed by atoms with van der Waals surface area (Å²) in [5.74, 6) is -1.52. The topological polar surface area (TPSA) is 33.5 Å². The number of rotatable bonds is 3.